The first kappa shape index (κ1) is 14.4. The molecule has 1 fully saturated rings. The summed E-state index contributed by atoms with van der Waals surface area (Å²) in [6.07, 6.45) is -0.995. The van der Waals surface area contributed by atoms with E-state index in [2.05, 4.69) is 12.2 Å². The van der Waals surface area contributed by atoms with Crippen molar-refractivity contribution in [1.29, 1.82) is 0 Å². The van der Waals surface area contributed by atoms with Gasteiger partial charge in [0.05, 0.1) is 0 Å². The maximum absolute atomic E-state index is 11.5. The molecule has 0 saturated carbocycles. The van der Waals surface area contributed by atoms with Crippen molar-refractivity contribution in [2.45, 2.75) is 50.5 Å². The number of aliphatic hydroxyl groups is 3. The highest BCUT2D eigenvalue weighted by molar-refractivity contribution is 5.77. The molecule has 0 aliphatic carbocycles. The van der Waals surface area contributed by atoms with Gasteiger partial charge in [-0.15, -0.1) is 0 Å². The van der Waals surface area contributed by atoms with Crippen LogP contribution in [0.2, 0.25) is 0 Å². The third-order valence-corrected chi connectivity index (χ3v) is 2.88. The first-order valence-corrected chi connectivity index (χ1v) is 6.02. The van der Waals surface area contributed by atoms with Crippen LogP contribution in [0.5, 0.6) is 0 Å². The lowest BCUT2D eigenvalue weighted by atomic mass is 10.0. The number of carbonyl (C=O) groups excluding carboxylic acids is 1. The van der Waals surface area contributed by atoms with Gasteiger partial charge in [0.15, 0.2) is 0 Å². The first-order chi connectivity index (χ1) is 8.07. The van der Waals surface area contributed by atoms with Crippen LogP contribution in [0.25, 0.3) is 0 Å². The van der Waals surface area contributed by atoms with Gasteiger partial charge in [0.2, 0.25) is 0 Å². The summed E-state index contributed by atoms with van der Waals surface area (Å²) in [6.45, 7) is 2.34. The molecule has 1 saturated heterocycles. The van der Waals surface area contributed by atoms with Crippen LogP contribution in [0.1, 0.15) is 26.2 Å². The Hall–Kier alpha value is -0.690. The second-order valence-corrected chi connectivity index (χ2v) is 4.32. The fourth-order valence-electron chi connectivity index (χ4n) is 1.76. The number of nitrogens with one attached hydrogen (secondary N) is 1. The number of hydrogen-bond acceptors (Lipinski definition) is 6. The molecule has 1 aliphatic rings. The summed E-state index contributed by atoms with van der Waals surface area (Å²) in [5, 5.41) is 31.5. The molecule has 1 heterocycles. The Bertz CT molecular complexity index is 248. The summed E-state index contributed by atoms with van der Waals surface area (Å²) in [6, 6.07) is -0.973. The van der Waals surface area contributed by atoms with E-state index in [0.717, 1.165) is 19.3 Å². The molecule has 0 amide bonds. The minimum atomic E-state index is -1.37. The molecule has 0 aromatic heterocycles. The van der Waals surface area contributed by atoms with Crippen molar-refractivity contribution in [3.63, 3.8) is 0 Å². The SMILES string of the molecule is CCCCCN[C@@H]1C(=O)OC[C@@H](O)[C@@H](O)[C@@H]1O. The molecule has 0 aromatic rings. The smallest absolute Gasteiger partial charge is 0.326 e. The Labute approximate surface area is 101 Å². The zero-order valence-corrected chi connectivity index (χ0v) is 10.0. The van der Waals surface area contributed by atoms with E-state index in [0.29, 0.717) is 6.54 Å². The van der Waals surface area contributed by atoms with Gasteiger partial charge in [-0.2, -0.15) is 0 Å². The predicted octanol–water partition coefficient (Wildman–Crippen LogP) is -1.23. The molecule has 0 unspecified atom stereocenters. The van der Waals surface area contributed by atoms with Crippen LogP contribution in [0.4, 0.5) is 0 Å². The number of hydrogen-bond donors (Lipinski definition) is 4. The maximum atomic E-state index is 11.5. The van der Waals surface area contributed by atoms with E-state index in [1.54, 1.807) is 0 Å². The summed E-state index contributed by atoms with van der Waals surface area (Å²) in [7, 11) is 0. The number of aliphatic hydroxyl groups excluding tert-OH is 3. The second kappa shape index (κ2) is 6.90. The van der Waals surface area contributed by atoms with E-state index >= 15 is 0 Å². The topological polar surface area (TPSA) is 99.0 Å². The average Bonchev–Trinajstić information content (AvgIpc) is 2.41. The van der Waals surface area contributed by atoms with E-state index < -0.39 is 30.3 Å². The molecule has 100 valence electrons. The minimum Gasteiger partial charge on any atom is -0.462 e. The van der Waals surface area contributed by atoms with Crippen LogP contribution < -0.4 is 5.32 Å². The minimum absolute atomic E-state index is 0.287. The molecule has 0 bridgehead atoms. The summed E-state index contributed by atoms with van der Waals surface area (Å²) in [5.41, 5.74) is 0. The largest absolute Gasteiger partial charge is 0.462 e. The summed E-state index contributed by atoms with van der Waals surface area (Å²) >= 11 is 0. The van der Waals surface area contributed by atoms with Gasteiger partial charge < -0.3 is 25.4 Å². The molecule has 0 radical (unpaired) electrons. The van der Waals surface area contributed by atoms with Crippen molar-refractivity contribution in [1.82, 2.24) is 5.32 Å². The Morgan fingerprint density at radius 1 is 1.29 bits per heavy atom. The Kier molecular flexibility index (Phi) is 5.84. The fourth-order valence-corrected chi connectivity index (χ4v) is 1.76. The quantitative estimate of drug-likeness (QED) is 0.359. The second-order valence-electron chi connectivity index (χ2n) is 4.32. The van der Waals surface area contributed by atoms with Gasteiger partial charge in [-0.3, -0.25) is 4.79 Å². The van der Waals surface area contributed by atoms with Gasteiger partial charge in [-0.1, -0.05) is 19.8 Å². The van der Waals surface area contributed by atoms with Gasteiger partial charge >= 0.3 is 5.97 Å². The third-order valence-electron chi connectivity index (χ3n) is 2.88. The lowest BCUT2D eigenvalue weighted by Crippen LogP contribution is -2.52. The van der Waals surface area contributed by atoms with E-state index in [4.69, 9.17) is 4.74 Å². The van der Waals surface area contributed by atoms with Crippen molar-refractivity contribution >= 4 is 5.97 Å². The van der Waals surface area contributed by atoms with Crippen LogP contribution >= 0.6 is 0 Å². The van der Waals surface area contributed by atoms with Crippen LogP contribution in [-0.4, -0.2) is 58.8 Å². The summed E-state index contributed by atoms with van der Waals surface area (Å²) in [4.78, 5) is 11.5. The molecule has 4 N–H and O–H groups in total. The Balaban J connectivity index is 2.51. The highest BCUT2D eigenvalue weighted by Gasteiger charge is 2.39. The van der Waals surface area contributed by atoms with Gasteiger partial charge in [0, 0.05) is 0 Å². The highest BCUT2D eigenvalue weighted by atomic mass is 16.5. The zero-order chi connectivity index (χ0) is 12.8. The molecule has 6 heteroatoms. The van der Waals surface area contributed by atoms with Crippen LogP contribution in [0.15, 0.2) is 0 Å². The van der Waals surface area contributed by atoms with Crippen molar-refractivity contribution < 1.29 is 24.9 Å². The molecule has 1 rings (SSSR count). The lowest BCUT2D eigenvalue weighted by molar-refractivity contribution is -0.148. The lowest BCUT2D eigenvalue weighted by Gasteiger charge is -2.23. The van der Waals surface area contributed by atoms with Gasteiger partial charge in [0.1, 0.15) is 31.0 Å². The number of esters is 1. The van der Waals surface area contributed by atoms with E-state index in [-0.39, 0.29) is 6.61 Å². The fraction of sp³-hybridized carbons (Fsp3) is 0.909. The predicted molar refractivity (Wildman–Crippen MR) is 60.3 cm³/mol. The molecule has 0 aromatic carbocycles. The third kappa shape index (κ3) is 3.92. The van der Waals surface area contributed by atoms with Gasteiger partial charge in [-0.25, -0.2) is 0 Å². The summed E-state index contributed by atoms with van der Waals surface area (Å²) < 4.78 is 4.75. The molecule has 1 aliphatic heterocycles. The molecule has 17 heavy (non-hydrogen) atoms. The average molecular weight is 247 g/mol. The Morgan fingerprint density at radius 2 is 2.00 bits per heavy atom. The number of unbranched alkanes of at least 4 members (excludes halogenated alkanes) is 2. The van der Waals surface area contributed by atoms with E-state index in [1.165, 1.54) is 0 Å². The summed E-state index contributed by atoms with van der Waals surface area (Å²) in [5.74, 6) is -0.635. The van der Waals surface area contributed by atoms with Crippen molar-refractivity contribution in [3.8, 4) is 0 Å². The number of carbonyl (C=O) groups is 1. The van der Waals surface area contributed by atoms with Crippen LogP contribution in [-0.2, 0) is 9.53 Å². The van der Waals surface area contributed by atoms with E-state index in [9.17, 15) is 20.1 Å². The maximum Gasteiger partial charge on any atom is 0.326 e. The van der Waals surface area contributed by atoms with Crippen molar-refractivity contribution in [2.75, 3.05) is 13.2 Å². The monoisotopic (exact) mass is 247 g/mol. The molecule has 4 atom stereocenters. The van der Waals surface area contributed by atoms with Crippen LogP contribution in [0, 0.1) is 0 Å². The van der Waals surface area contributed by atoms with Gasteiger partial charge in [-0.05, 0) is 13.0 Å². The van der Waals surface area contributed by atoms with Crippen LogP contribution in [0.3, 0.4) is 0 Å². The zero-order valence-electron chi connectivity index (χ0n) is 10.0. The van der Waals surface area contributed by atoms with Crippen molar-refractivity contribution in [2.24, 2.45) is 0 Å². The normalized spacial score (nSPS) is 34.2. The van der Waals surface area contributed by atoms with Crippen molar-refractivity contribution in [3.05, 3.63) is 0 Å². The molecular weight excluding hydrogens is 226 g/mol. The number of cyclic esters (lactones) is 1. The molecular formula is C11H21NO5. The first-order valence-electron chi connectivity index (χ1n) is 6.02. The van der Waals surface area contributed by atoms with E-state index in [1.807, 2.05) is 0 Å². The standard InChI is InChI=1S/C11H21NO5/c1-2-3-4-5-12-8-10(15)9(14)7(13)6-17-11(8)16/h7-10,12-15H,2-6H2,1H3/t7-,8+,9-,10-/m1/s1. The number of ether oxygens (including phenoxy) is 1. The molecule has 6 nitrogen and oxygen atoms in total. The van der Waals surface area contributed by atoms with Gasteiger partial charge in [0.25, 0.3) is 0 Å². The highest BCUT2D eigenvalue weighted by Crippen LogP contribution is 2.12. The Morgan fingerprint density at radius 3 is 2.65 bits per heavy atom. The number of rotatable bonds is 5. The molecule has 0 spiro atoms.